The van der Waals surface area contributed by atoms with Crippen LogP contribution < -0.4 is 10.1 Å². The van der Waals surface area contributed by atoms with Gasteiger partial charge >= 0.3 is 5.97 Å². The van der Waals surface area contributed by atoms with Crippen LogP contribution in [0.25, 0.3) is 0 Å². The Morgan fingerprint density at radius 1 is 1.20 bits per heavy atom. The van der Waals surface area contributed by atoms with Crippen LogP contribution in [0.1, 0.15) is 35.7 Å². The van der Waals surface area contributed by atoms with Crippen LogP contribution in [0.2, 0.25) is 0 Å². The van der Waals surface area contributed by atoms with Crippen molar-refractivity contribution in [3.05, 3.63) is 65.0 Å². The van der Waals surface area contributed by atoms with Crippen molar-refractivity contribution in [2.75, 3.05) is 14.2 Å². The lowest BCUT2D eigenvalue weighted by Gasteiger charge is -2.22. The molecule has 2 aromatic rings. The van der Waals surface area contributed by atoms with Crippen molar-refractivity contribution < 1.29 is 18.7 Å². The van der Waals surface area contributed by atoms with Crippen molar-refractivity contribution in [3.8, 4) is 11.8 Å². The van der Waals surface area contributed by atoms with Crippen LogP contribution in [0, 0.1) is 17.1 Å². The summed E-state index contributed by atoms with van der Waals surface area (Å²) >= 11 is 0. The Morgan fingerprint density at radius 3 is 2.56 bits per heavy atom. The van der Waals surface area contributed by atoms with E-state index in [0.29, 0.717) is 16.7 Å². The lowest BCUT2D eigenvalue weighted by molar-refractivity contribution is -0.143. The number of nitrogens with one attached hydrogen (secondary N) is 1. The SMILES string of the molecule is COC(=O)C(NC(C)c1ccc(OC)c(F)c1)c1cccc(C#N)c1. The highest BCUT2D eigenvalue weighted by Crippen LogP contribution is 2.25. The Bertz CT molecular complexity index is 801. The van der Waals surface area contributed by atoms with E-state index in [4.69, 9.17) is 14.7 Å². The molecule has 0 spiro atoms. The van der Waals surface area contributed by atoms with Gasteiger partial charge in [-0.15, -0.1) is 0 Å². The minimum atomic E-state index is -0.779. The number of methoxy groups -OCH3 is 2. The van der Waals surface area contributed by atoms with Gasteiger partial charge in [0, 0.05) is 6.04 Å². The van der Waals surface area contributed by atoms with Gasteiger partial charge in [0.1, 0.15) is 6.04 Å². The fraction of sp³-hybridized carbons (Fsp3) is 0.263. The predicted octanol–water partition coefficient (Wildman–Crippen LogP) is 3.27. The molecule has 0 saturated carbocycles. The van der Waals surface area contributed by atoms with Gasteiger partial charge in [-0.1, -0.05) is 18.2 Å². The topological polar surface area (TPSA) is 71.3 Å². The third-order valence-electron chi connectivity index (χ3n) is 3.88. The van der Waals surface area contributed by atoms with E-state index in [0.717, 1.165) is 0 Å². The van der Waals surface area contributed by atoms with Gasteiger partial charge < -0.3 is 9.47 Å². The molecule has 2 unspecified atom stereocenters. The van der Waals surface area contributed by atoms with E-state index >= 15 is 0 Å². The number of carbonyl (C=O) groups is 1. The molecule has 5 nitrogen and oxygen atoms in total. The third-order valence-corrected chi connectivity index (χ3v) is 3.88. The van der Waals surface area contributed by atoms with E-state index in [9.17, 15) is 9.18 Å². The first-order valence-corrected chi connectivity index (χ1v) is 7.67. The smallest absolute Gasteiger partial charge is 0.327 e. The molecule has 0 heterocycles. The Labute approximate surface area is 146 Å². The van der Waals surface area contributed by atoms with Gasteiger partial charge in [-0.2, -0.15) is 5.26 Å². The fourth-order valence-corrected chi connectivity index (χ4v) is 2.50. The van der Waals surface area contributed by atoms with E-state index in [2.05, 4.69) is 5.32 Å². The highest BCUT2D eigenvalue weighted by molar-refractivity contribution is 5.77. The molecule has 0 aliphatic carbocycles. The molecule has 0 saturated heterocycles. The number of nitrogens with zero attached hydrogens (tertiary/aromatic N) is 1. The molecule has 0 aliphatic rings. The molecule has 2 atom stereocenters. The average molecular weight is 342 g/mol. The van der Waals surface area contributed by atoms with Crippen molar-refractivity contribution in [2.24, 2.45) is 0 Å². The maximum atomic E-state index is 13.9. The first kappa shape index (κ1) is 18.4. The Kier molecular flexibility index (Phi) is 6.09. The summed E-state index contributed by atoms with van der Waals surface area (Å²) in [5, 5.41) is 12.2. The normalized spacial score (nSPS) is 12.8. The molecule has 0 fully saturated rings. The van der Waals surface area contributed by atoms with Crippen LogP contribution in [0.15, 0.2) is 42.5 Å². The van der Waals surface area contributed by atoms with Crippen LogP contribution in [0.5, 0.6) is 5.75 Å². The van der Waals surface area contributed by atoms with E-state index in [1.54, 1.807) is 30.3 Å². The van der Waals surface area contributed by atoms with Crippen molar-refractivity contribution in [1.29, 1.82) is 5.26 Å². The molecule has 0 aliphatic heterocycles. The Morgan fingerprint density at radius 2 is 1.96 bits per heavy atom. The van der Waals surface area contributed by atoms with Crippen LogP contribution >= 0.6 is 0 Å². The van der Waals surface area contributed by atoms with E-state index in [1.165, 1.54) is 26.4 Å². The first-order chi connectivity index (χ1) is 12.0. The summed E-state index contributed by atoms with van der Waals surface area (Å²) in [6, 6.07) is 12.2. The zero-order valence-electron chi connectivity index (χ0n) is 14.2. The maximum absolute atomic E-state index is 13.9. The summed E-state index contributed by atoms with van der Waals surface area (Å²) in [4.78, 5) is 12.2. The molecule has 2 rings (SSSR count). The number of esters is 1. The number of hydrogen-bond donors (Lipinski definition) is 1. The first-order valence-electron chi connectivity index (χ1n) is 7.67. The number of rotatable bonds is 6. The summed E-state index contributed by atoms with van der Waals surface area (Å²) in [5.41, 5.74) is 1.70. The van der Waals surface area contributed by atoms with Crippen molar-refractivity contribution in [1.82, 2.24) is 5.32 Å². The summed E-state index contributed by atoms with van der Waals surface area (Å²) in [7, 11) is 2.69. The van der Waals surface area contributed by atoms with Gasteiger partial charge in [0.2, 0.25) is 0 Å². The van der Waals surface area contributed by atoms with Crippen LogP contribution in [-0.2, 0) is 9.53 Å². The number of ether oxygens (including phenoxy) is 2. The monoisotopic (exact) mass is 342 g/mol. The number of hydrogen-bond acceptors (Lipinski definition) is 5. The zero-order valence-corrected chi connectivity index (χ0v) is 14.2. The van der Waals surface area contributed by atoms with Gasteiger partial charge in [0.15, 0.2) is 11.6 Å². The minimum absolute atomic E-state index is 0.155. The second-order valence-electron chi connectivity index (χ2n) is 5.48. The molecule has 1 N–H and O–H groups in total. The Balaban J connectivity index is 2.29. The third kappa shape index (κ3) is 4.34. The van der Waals surface area contributed by atoms with Crippen LogP contribution in [-0.4, -0.2) is 20.2 Å². The number of nitriles is 1. The van der Waals surface area contributed by atoms with E-state index < -0.39 is 17.8 Å². The highest BCUT2D eigenvalue weighted by atomic mass is 19.1. The molecule has 0 bridgehead atoms. The summed E-state index contributed by atoms with van der Waals surface area (Å²) in [6.45, 7) is 1.81. The van der Waals surface area contributed by atoms with Crippen molar-refractivity contribution in [2.45, 2.75) is 19.0 Å². The quantitative estimate of drug-likeness (QED) is 0.816. The predicted molar refractivity (Wildman–Crippen MR) is 90.4 cm³/mol. The number of benzene rings is 2. The molecule has 0 amide bonds. The fourth-order valence-electron chi connectivity index (χ4n) is 2.50. The molecular weight excluding hydrogens is 323 g/mol. The van der Waals surface area contributed by atoms with Crippen LogP contribution in [0.3, 0.4) is 0 Å². The second-order valence-corrected chi connectivity index (χ2v) is 5.48. The van der Waals surface area contributed by atoms with Gasteiger partial charge in [-0.25, -0.2) is 9.18 Å². The van der Waals surface area contributed by atoms with Crippen LogP contribution in [0.4, 0.5) is 4.39 Å². The van der Waals surface area contributed by atoms with Gasteiger partial charge in [0.05, 0.1) is 25.9 Å². The molecule has 6 heteroatoms. The second kappa shape index (κ2) is 8.27. The molecule has 130 valence electrons. The highest BCUT2D eigenvalue weighted by Gasteiger charge is 2.24. The molecule has 25 heavy (non-hydrogen) atoms. The molecular formula is C19H19FN2O3. The van der Waals surface area contributed by atoms with E-state index in [1.807, 2.05) is 13.0 Å². The largest absolute Gasteiger partial charge is 0.494 e. The molecule has 0 radical (unpaired) electrons. The molecule has 0 aromatic heterocycles. The van der Waals surface area contributed by atoms with Crippen molar-refractivity contribution in [3.63, 3.8) is 0 Å². The van der Waals surface area contributed by atoms with Gasteiger partial charge in [-0.3, -0.25) is 5.32 Å². The van der Waals surface area contributed by atoms with Gasteiger partial charge in [0.25, 0.3) is 0 Å². The summed E-state index contributed by atoms with van der Waals surface area (Å²) in [5.74, 6) is -0.812. The van der Waals surface area contributed by atoms with Crippen molar-refractivity contribution >= 4 is 5.97 Å². The summed E-state index contributed by atoms with van der Waals surface area (Å²) in [6.07, 6.45) is 0. The lowest BCUT2D eigenvalue weighted by atomic mass is 10.0. The average Bonchev–Trinajstić information content (AvgIpc) is 2.65. The lowest BCUT2D eigenvalue weighted by Crippen LogP contribution is -2.31. The molecule has 2 aromatic carbocycles. The number of halogens is 1. The maximum Gasteiger partial charge on any atom is 0.327 e. The minimum Gasteiger partial charge on any atom is -0.494 e. The van der Waals surface area contributed by atoms with Gasteiger partial charge in [-0.05, 0) is 42.3 Å². The standard InChI is InChI=1S/C19H19FN2O3/c1-12(14-7-8-17(24-2)16(20)10-14)22-18(19(23)25-3)15-6-4-5-13(9-15)11-21/h4-10,12,18,22H,1-3H3. The Hall–Kier alpha value is -2.91. The van der Waals surface area contributed by atoms with E-state index in [-0.39, 0.29) is 11.8 Å². The zero-order chi connectivity index (χ0) is 18.4. The summed E-state index contributed by atoms with van der Waals surface area (Å²) < 4.78 is 23.7. The number of carbonyl (C=O) groups excluding carboxylic acids is 1.